The van der Waals surface area contributed by atoms with Crippen molar-refractivity contribution in [2.45, 2.75) is 50.5 Å². The molecule has 2 aromatic heterocycles. The SMILES string of the molecule is Cc1cc(-c2noc(C3CCOC4(CCC4)C3)n2)cc(N)n1. The number of anilines is 1. The largest absolute Gasteiger partial charge is 0.384 e. The van der Waals surface area contributed by atoms with Crippen molar-refractivity contribution in [3.05, 3.63) is 23.7 Å². The summed E-state index contributed by atoms with van der Waals surface area (Å²) < 4.78 is 11.5. The molecule has 2 N–H and O–H groups in total. The number of nitrogens with zero attached hydrogens (tertiary/aromatic N) is 3. The van der Waals surface area contributed by atoms with Gasteiger partial charge in [0.2, 0.25) is 11.7 Å². The van der Waals surface area contributed by atoms with E-state index < -0.39 is 0 Å². The Morgan fingerprint density at radius 3 is 2.86 bits per heavy atom. The fraction of sp³-hybridized carbons (Fsp3) is 0.562. The van der Waals surface area contributed by atoms with Crippen LogP contribution in [0.5, 0.6) is 0 Å². The van der Waals surface area contributed by atoms with Crippen molar-refractivity contribution in [3.8, 4) is 11.4 Å². The molecule has 2 aromatic rings. The number of aromatic nitrogens is 3. The molecule has 0 amide bonds. The Bertz CT molecular complexity index is 673. The van der Waals surface area contributed by atoms with Gasteiger partial charge < -0.3 is 15.0 Å². The zero-order valence-electron chi connectivity index (χ0n) is 12.7. The highest BCUT2D eigenvalue weighted by Gasteiger charge is 2.44. The number of pyridine rings is 1. The molecule has 2 aliphatic rings. The summed E-state index contributed by atoms with van der Waals surface area (Å²) in [7, 11) is 0. The summed E-state index contributed by atoms with van der Waals surface area (Å²) >= 11 is 0. The Morgan fingerprint density at radius 2 is 2.14 bits per heavy atom. The normalized spacial score (nSPS) is 23.4. The smallest absolute Gasteiger partial charge is 0.230 e. The van der Waals surface area contributed by atoms with Crippen LogP contribution in [0.3, 0.4) is 0 Å². The minimum atomic E-state index is 0.0786. The van der Waals surface area contributed by atoms with Crippen molar-refractivity contribution < 1.29 is 9.26 Å². The molecule has 1 aliphatic heterocycles. The van der Waals surface area contributed by atoms with Crippen LogP contribution in [0.25, 0.3) is 11.4 Å². The van der Waals surface area contributed by atoms with Crippen molar-refractivity contribution >= 4 is 5.82 Å². The molecule has 6 nitrogen and oxygen atoms in total. The van der Waals surface area contributed by atoms with Gasteiger partial charge in [0.1, 0.15) is 5.82 Å². The van der Waals surface area contributed by atoms with E-state index in [9.17, 15) is 0 Å². The monoisotopic (exact) mass is 300 g/mol. The van der Waals surface area contributed by atoms with E-state index in [2.05, 4.69) is 15.1 Å². The van der Waals surface area contributed by atoms with Crippen LogP contribution in [-0.2, 0) is 4.74 Å². The van der Waals surface area contributed by atoms with Crippen LogP contribution in [0.15, 0.2) is 16.7 Å². The molecule has 1 atom stereocenters. The predicted octanol–water partition coefficient (Wildman–Crippen LogP) is 2.84. The van der Waals surface area contributed by atoms with Crippen LogP contribution in [0, 0.1) is 6.92 Å². The fourth-order valence-corrected chi connectivity index (χ4v) is 3.50. The van der Waals surface area contributed by atoms with Gasteiger partial charge >= 0.3 is 0 Å². The van der Waals surface area contributed by atoms with E-state index >= 15 is 0 Å². The van der Waals surface area contributed by atoms with Gasteiger partial charge in [0, 0.05) is 23.8 Å². The maximum Gasteiger partial charge on any atom is 0.230 e. The van der Waals surface area contributed by atoms with Gasteiger partial charge in [0.25, 0.3) is 0 Å². The van der Waals surface area contributed by atoms with Gasteiger partial charge in [-0.3, -0.25) is 0 Å². The fourth-order valence-electron chi connectivity index (χ4n) is 3.50. The quantitative estimate of drug-likeness (QED) is 0.917. The molecule has 2 fully saturated rings. The molecule has 116 valence electrons. The summed E-state index contributed by atoms with van der Waals surface area (Å²) in [6.07, 6.45) is 5.51. The van der Waals surface area contributed by atoms with Crippen LogP contribution in [0.1, 0.15) is 49.6 Å². The summed E-state index contributed by atoms with van der Waals surface area (Å²) in [6, 6.07) is 3.70. The van der Waals surface area contributed by atoms with Crippen molar-refractivity contribution in [2.24, 2.45) is 0 Å². The third-order valence-corrected chi connectivity index (χ3v) is 4.78. The lowest BCUT2D eigenvalue weighted by Crippen LogP contribution is -2.44. The van der Waals surface area contributed by atoms with Crippen molar-refractivity contribution in [2.75, 3.05) is 12.3 Å². The lowest BCUT2D eigenvalue weighted by Gasteiger charge is -2.46. The molecular formula is C16H20N4O2. The molecule has 1 aliphatic carbocycles. The van der Waals surface area contributed by atoms with Crippen molar-refractivity contribution in [1.82, 2.24) is 15.1 Å². The maximum absolute atomic E-state index is 5.96. The molecule has 0 aromatic carbocycles. The summed E-state index contributed by atoms with van der Waals surface area (Å²) in [4.78, 5) is 8.76. The Kier molecular flexibility index (Phi) is 3.14. The Hall–Kier alpha value is -1.95. The van der Waals surface area contributed by atoms with Crippen molar-refractivity contribution in [1.29, 1.82) is 0 Å². The summed E-state index contributed by atoms with van der Waals surface area (Å²) in [5, 5.41) is 4.13. The second-order valence-corrected chi connectivity index (χ2v) is 6.45. The summed E-state index contributed by atoms with van der Waals surface area (Å²) in [5.74, 6) is 2.08. The molecule has 1 unspecified atom stereocenters. The topological polar surface area (TPSA) is 87.1 Å². The second-order valence-electron chi connectivity index (χ2n) is 6.45. The Labute approximate surface area is 129 Å². The average Bonchev–Trinajstić information content (AvgIpc) is 2.94. The zero-order chi connectivity index (χ0) is 15.2. The third-order valence-electron chi connectivity index (χ3n) is 4.78. The first-order valence-corrected chi connectivity index (χ1v) is 7.86. The van der Waals surface area contributed by atoms with Crippen LogP contribution in [-0.4, -0.2) is 27.3 Å². The molecule has 1 saturated carbocycles. The first-order valence-electron chi connectivity index (χ1n) is 7.86. The van der Waals surface area contributed by atoms with E-state index in [1.165, 1.54) is 6.42 Å². The van der Waals surface area contributed by atoms with Gasteiger partial charge in [-0.1, -0.05) is 5.16 Å². The van der Waals surface area contributed by atoms with E-state index in [4.69, 9.17) is 15.0 Å². The van der Waals surface area contributed by atoms with Gasteiger partial charge in [0.15, 0.2) is 0 Å². The molecule has 4 rings (SSSR count). The Morgan fingerprint density at radius 1 is 1.27 bits per heavy atom. The van der Waals surface area contributed by atoms with Gasteiger partial charge in [0.05, 0.1) is 5.60 Å². The first-order chi connectivity index (χ1) is 10.6. The highest BCUT2D eigenvalue weighted by molar-refractivity contribution is 5.59. The summed E-state index contributed by atoms with van der Waals surface area (Å²) in [6.45, 7) is 2.68. The van der Waals surface area contributed by atoms with Crippen molar-refractivity contribution in [3.63, 3.8) is 0 Å². The van der Waals surface area contributed by atoms with E-state index in [1.807, 2.05) is 13.0 Å². The molecule has 22 heavy (non-hydrogen) atoms. The first kappa shape index (κ1) is 13.7. The van der Waals surface area contributed by atoms with E-state index in [1.54, 1.807) is 6.07 Å². The van der Waals surface area contributed by atoms with Gasteiger partial charge in [-0.05, 0) is 51.2 Å². The van der Waals surface area contributed by atoms with Gasteiger partial charge in [-0.2, -0.15) is 4.98 Å². The maximum atomic E-state index is 5.96. The molecule has 1 saturated heterocycles. The lowest BCUT2D eigenvalue weighted by atomic mass is 9.72. The van der Waals surface area contributed by atoms with Crippen LogP contribution >= 0.6 is 0 Å². The zero-order valence-corrected chi connectivity index (χ0v) is 12.7. The number of hydrogen-bond acceptors (Lipinski definition) is 6. The number of aryl methyl sites for hydroxylation is 1. The molecule has 6 heteroatoms. The average molecular weight is 300 g/mol. The van der Waals surface area contributed by atoms with E-state index in [-0.39, 0.29) is 5.60 Å². The standard InChI is InChI=1S/C16H20N4O2/c1-10-7-12(8-13(17)18-10)14-19-15(22-20-14)11-3-6-21-16(9-11)4-2-5-16/h7-8,11H,2-6,9H2,1H3,(H2,17,18). The van der Waals surface area contributed by atoms with Gasteiger partial charge in [-0.15, -0.1) is 0 Å². The summed E-state index contributed by atoms with van der Waals surface area (Å²) in [5.41, 5.74) is 7.57. The predicted molar refractivity (Wildman–Crippen MR) is 81.2 cm³/mol. The molecule has 1 spiro atoms. The van der Waals surface area contributed by atoms with Crippen LogP contribution in [0.2, 0.25) is 0 Å². The second kappa shape index (κ2) is 5.05. The van der Waals surface area contributed by atoms with Gasteiger partial charge in [-0.25, -0.2) is 4.98 Å². The van der Waals surface area contributed by atoms with E-state index in [0.29, 0.717) is 17.6 Å². The number of hydrogen-bond donors (Lipinski definition) is 1. The Balaban J connectivity index is 1.58. The van der Waals surface area contributed by atoms with Crippen LogP contribution in [0.4, 0.5) is 5.82 Å². The van der Waals surface area contributed by atoms with E-state index in [0.717, 1.165) is 49.4 Å². The minimum absolute atomic E-state index is 0.0786. The molecule has 0 bridgehead atoms. The van der Waals surface area contributed by atoms with Crippen LogP contribution < -0.4 is 5.73 Å². The lowest BCUT2D eigenvalue weighted by molar-refractivity contribution is -0.135. The molecule has 3 heterocycles. The number of rotatable bonds is 2. The third kappa shape index (κ3) is 2.37. The highest BCUT2D eigenvalue weighted by Crippen LogP contribution is 2.46. The molecule has 0 radical (unpaired) electrons. The number of nitrogens with two attached hydrogens (primary N) is 1. The minimum Gasteiger partial charge on any atom is -0.384 e. The number of nitrogen functional groups attached to an aromatic ring is 1. The highest BCUT2D eigenvalue weighted by atomic mass is 16.5. The number of ether oxygens (including phenoxy) is 1. The molecular weight excluding hydrogens is 280 g/mol.